The number of hydrogen-bond acceptors (Lipinski definition) is 10. The van der Waals surface area contributed by atoms with Crippen LogP contribution in [-0.2, 0) is 18.6 Å². The lowest BCUT2D eigenvalue weighted by molar-refractivity contribution is -0.149. The van der Waals surface area contributed by atoms with Gasteiger partial charge in [0.2, 0.25) is 0 Å². The molecule has 1 aliphatic heterocycles. The van der Waals surface area contributed by atoms with Crippen LogP contribution in [0.3, 0.4) is 0 Å². The summed E-state index contributed by atoms with van der Waals surface area (Å²) in [6, 6.07) is 8.90. The Hall–Kier alpha value is -2.37. The molecule has 1 aromatic carbocycles. The van der Waals surface area contributed by atoms with Gasteiger partial charge in [-0.25, -0.2) is 9.36 Å². The zero-order chi connectivity index (χ0) is 24.9. The molecule has 4 N–H and O–H groups in total. The molecule has 186 valence electrons. The molecule has 0 amide bonds. The molecule has 13 heteroatoms. The predicted octanol–water partition coefficient (Wildman–Crippen LogP) is 2.32. The van der Waals surface area contributed by atoms with Gasteiger partial charge in [0.1, 0.15) is 17.6 Å². The van der Waals surface area contributed by atoms with Crippen molar-refractivity contribution in [3.05, 3.63) is 53.1 Å². The molecule has 1 fully saturated rings. The Labute approximate surface area is 201 Å². The second-order valence-corrected chi connectivity index (χ2v) is 11.1. The number of benzene rings is 1. The summed E-state index contributed by atoms with van der Waals surface area (Å²) in [5.41, 5.74) is 5.02. The van der Waals surface area contributed by atoms with Crippen molar-refractivity contribution >= 4 is 31.3 Å². The molecule has 3 rings (SSSR count). The third-order valence-electron chi connectivity index (χ3n) is 4.80. The Balaban J connectivity index is 1.71. The van der Waals surface area contributed by atoms with Gasteiger partial charge in [-0.1, -0.05) is 18.2 Å². The first-order chi connectivity index (χ1) is 16.1. The zero-order valence-electron chi connectivity index (χ0n) is 19.1. The van der Waals surface area contributed by atoms with Crippen molar-refractivity contribution in [3.63, 3.8) is 0 Å². The van der Waals surface area contributed by atoms with Crippen molar-refractivity contribution < 1.29 is 28.3 Å². The highest BCUT2D eigenvalue weighted by Gasteiger charge is 2.39. The summed E-state index contributed by atoms with van der Waals surface area (Å²) >= 11 is 1.28. The molecule has 34 heavy (non-hydrogen) atoms. The molecule has 1 saturated heterocycles. The number of rotatable bonds is 10. The minimum Gasteiger partial charge on any atom is -0.462 e. The summed E-state index contributed by atoms with van der Waals surface area (Å²) in [5, 5.41) is 12.2. The van der Waals surface area contributed by atoms with E-state index in [0.29, 0.717) is 0 Å². The maximum atomic E-state index is 13.6. The number of nitrogen functional groups attached to an aromatic ring is 1. The van der Waals surface area contributed by atoms with Crippen LogP contribution >= 0.6 is 19.5 Å². The molecule has 1 aliphatic rings. The van der Waals surface area contributed by atoms with Gasteiger partial charge in [-0.3, -0.25) is 13.9 Å². The second kappa shape index (κ2) is 11.4. The third-order valence-corrected chi connectivity index (χ3v) is 7.98. The highest BCUT2D eigenvalue weighted by atomic mass is 32.2. The molecule has 0 radical (unpaired) electrons. The van der Waals surface area contributed by atoms with Crippen LogP contribution in [0.25, 0.3) is 0 Å². The molecule has 0 bridgehead atoms. The van der Waals surface area contributed by atoms with Crippen LogP contribution in [-0.4, -0.2) is 50.7 Å². The summed E-state index contributed by atoms with van der Waals surface area (Å²) in [6.07, 6.45) is 0.595. The van der Waals surface area contributed by atoms with E-state index in [2.05, 4.69) is 10.1 Å². The minimum atomic E-state index is -4.05. The average Bonchev–Trinajstić information content (AvgIpc) is 3.12. The first-order valence-corrected chi connectivity index (χ1v) is 13.2. The summed E-state index contributed by atoms with van der Waals surface area (Å²) in [7, 11) is -4.05. The van der Waals surface area contributed by atoms with Gasteiger partial charge in [-0.05, 0) is 39.0 Å². The summed E-state index contributed by atoms with van der Waals surface area (Å²) in [6.45, 7) is 4.74. The molecule has 0 aliphatic carbocycles. The molecular formula is C21H29N4O7PS. The minimum absolute atomic E-state index is 0.111. The SMILES string of the molecule is CC(C)OC(=O)[C@H](C)N[P@](=O)(OC[C@H]1SC(n2ccc(N)nc2=O)C[C@@H]1O)Oc1ccccc1. The van der Waals surface area contributed by atoms with Crippen LogP contribution in [0.15, 0.2) is 47.4 Å². The van der Waals surface area contributed by atoms with E-state index in [9.17, 15) is 19.3 Å². The van der Waals surface area contributed by atoms with E-state index in [-0.39, 0.29) is 30.7 Å². The number of hydrogen-bond donors (Lipinski definition) is 3. The monoisotopic (exact) mass is 512 g/mol. The van der Waals surface area contributed by atoms with Gasteiger partial charge in [-0.15, -0.1) is 11.8 Å². The highest BCUT2D eigenvalue weighted by molar-refractivity contribution is 8.00. The van der Waals surface area contributed by atoms with Crippen LogP contribution in [0.2, 0.25) is 0 Å². The van der Waals surface area contributed by atoms with Crippen molar-refractivity contribution in [2.24, 2.45) is 0 Å². The van der Waals surface area contributed by atoms with Gasteiger partial charge in [-0.2, -0.15) is 10.1 Å². The van der Waals surface area contributed by atoms with Crippen LogP contribution in [0.5, 0.6) is 5.75 Å². The molecule has 0 spiro atoms. The van der Waals surface area contributed by atoms with Crippen molar-refractivity contribution in [2.45, 2.75) is 56.1 Å². The number of anilines is 1. The van der Waals surface area contributed by atoms with Gasteiger partial charge < -0.3 is 20.1 Å². The maximum Gasteiger partial charge on any atom is 0.459 e. The van der Waals surface area contributed by atoms with Crippen LogP contribution in [0.4, 0.5) is 5.82 Å². The number of thioether (sulfide) groups is 1. The fourth-order valence-corrected chi connectivity index (χ4v) is 6.25. The topological polar surface area (TPSA) is 155 Å². The van der Waals surface area contributed by atoms with Crippen molar-refractivity contribution in [1.82, 2.24) is 14.6 Å². The molecule has 1 aromatic heterocycles. The molecule has 11 nitrogen and oxygen atoms in total. The Bertz CT molecular complexity index is 1080. The van der Waals surface area contributed by atoms with Crippen molar-refractivity contribution in [2.75, 3.05) is 12.3 Å². The number of nitrogens with zero attached hydrogens (tertiary/aromatic N) is 2. The van der Waals surface area contributed by atoms with E-state index in [1.807, 2.05) is 0 Å². The number of carbonyl (C=O) groups is 1. The van der Waals surface area contributed by atoms with Crippen LogP contribution in [0, 0.1) is 0 Å². The Kier molecular flexibility index (Phi) is 8.78. The van der Waals surface area contributed by atoms with E-state index in [1.165, 1.54) is 35.5 Å². The van der Waals surface area contributed by atoms with E-state index < -0.39 is 42.2 Å². The molecular weight excluding hydrogens is 483 g/mol. The van der Waals surface area contributed by atoms with E-state index >= 15 is 0 Å². The third kappa shape index (κ3) is 7.07. The van der Waals surface area contributed by atoms with Gasteiger partial charge >= 0.3 is 19.4 Å². The Morgan fingerprint density at radius 2 is 2.03 bits per heavy atom. The Morgan fingerprint density at radius 3 is 2.68 bits per heavy atom. The van der Waals surface area contributed by atoms with Gasteiger partial charge in [0.25, 0.3) is 0 Å². The fraction of sp³-hybridized carbons (Fsp3) is 0.476. The average molecular weight is 513 g/mol. The molecule has 1 unspecified atom stereocenters. The zero-order valence-corrected chi connectivity index (χ0v) is 20.8. The van der Waals surface area contributed by atoms with Gasteiger partial charge in [0.05, 0.1) is 29.4 Å². The molecule has 0 saturated carbocycles. The largest absolute Gasteiger partial charge is 0.462 e. The highest BCUT2D eigenvalue weighted by Crippen LogP contribution is 2.48. The number of ether oxygens (including phenoxy) is 1. The first-order valence-electron chi connectivity index (χ1n) is 10.7. The first kappa shape index (κ1) is 26.2. The van der Waals surface area contributed by atoms with Crippen LogP contribution < -0.4 is 21.0 Å². The van der Waals surface area contributed by atoms with Crippen LogP contribution in [0.1, 0.15) is 32.6 Å². The number of nitrogens with one attached hydrogen (secondary N) is 1. The summed E-state index contributed by atoms with van der Waals surface area (Å²) in [5.74, 6) is -0.222. The number of esters is 1. The van der Waals surface area contributed by atoms with Crippen molar-refractivity contribution in [1.29, 1.82) is 0 Å². The standard InChI is InChI=1S/C21H29N4O7PS/c1-13(2)31-20(27)14(3)24-33(29,32-15-7-5-4-6-8-15)30-12-17-16(26)11-19(34-17)25-10-9-18(22)23-21(25)28/h4-10,13-14,16-17,19,26H,11-12H2,1-3H3,(H,24,29)(H2,22,23,28)/t14-,16-,17+,19?,33-/m0/s1. The summed E-state index contributed by atoms with van der Waals surface area (Å²) in [4.78, 5) is 28.1. The van der Waals surface area contributed by atoms with E-state index in [0.717, 1.165) is 0 Å². The predicted molar refractivity (Wildman–Crippen MR) is 128 cm³/mol. The van der Waals surface area contributed by atoms with E-state index in [1.54, 1.807) is 44.2 Å². The number of aromatic nitrogens is 2. The summed E-state index contributed by atoms with van der Waals surface area (Å²) < 4.78 is 31.4. The number of carbonyl (C=O) groups excluding carboxylic acids is 1. The maximum absolute atomic E-state index is 13.6. The molecule has 2 aromatic rings. The normalized spacial score (nSPS) is 22.8. The number of nitrogens with two attached hydrogens (primary N) is 1. The number of aliphatic hydroxyl groups excluding tert-OH is 1. The molecule has 2 heterocycles. The van der Waals surface area contributed by atoms with Gasteiger partial charge in [0, 0.05) is 12.6 Å². The molecule has 5 atom stereocenters. The lowest BCUT2D eigenvalue weighted by Crippen LogP contribution is -2.37. The van der Waals surface area contributed by atoms with E-state index in [4.69, 9.17) is 19.5 Å². The Morgan fingerprint density at radius 1 is 1.32 bits per heavy atom. The lowest BCUT2D eigenvalue weighted by Gasteiger charge is -2.25. The quantitative estimate of drug-likeness (QED) is 0.317. The fourth-order valence-electron chi connectivity index (χ4n) is 3.19. The number of para-hydroxylation sites is 1. The number of aliphatic hydroxyl groups is 1. The smallest absolute Gasteiger partial charge is 0.459 e. The van der Waals surface area contributed by atoms with Gasteiger partial charge in [0.15, 0.2) is 0 Å². The second-order valence-electron chi connectivity index (χ2n) is 8.01. The lowest BCUT2D eigenvalue weighted by atomic mass is 10.2. The van der Waals surface area contributed by atoms with Crippen molar-refractivity contribution in [3.8, 4) is 5.75 Å².